The van der Waals surface area contributed by atoms with E-state index in [9.17, 15) is 9.59 Å². The Bertz CT molecular complexity index is 538. The van der Waals surface area contributed by atoms with Crippen LogP contribution in [0.5, 0.6) is 0 Å². The van der Waals surface area contributed by atoms with E-state index in [-0.39, 0.29) is 17.9 Å². The number of carbonyl (C=O) groups excluding carboxylic acids is 2. The summed E-state index contributed by atoms with van der Waals surface area (Å²) in [5, 5.41) is 3.14. The normalized spacial score (nSPS) is 22.4. The lowest BCUT2D eigenvalue weighted by atomic mass is 10.2. The smallest absolute Gasteiger partial charge is 0.257 e. The van der Waals surface area contributed by atoms with E-state index < -0.39 is 0 Å². The van der Waals surface area contributed by atoms with Crippen molar-refractivity contribution in [3.8, 4) is 0 Å². The fraction of sp³-hybridized carbons (Fsp3) is 0.467. The Hall–Kier alpha value is -2.08. The second-order valence-corrected chi connectivity index (χ2v) is 5.30. The molecule has 1 saturated heterocycles. The van der Waals surface area contributed by atoms with Gasteiger partial charge >= 0.3 is 0 Å². The van der Waals surface area contributed by atoms with Gasteiger partial charge in [-0.3, -0.25) is 14.9 Å². The molecule has 0 spiro atoms. The predicted octanol–water partition coefficient (Wildman–Crippen LogP) is 0.482. The average molecular weight is 289 g/mol. The highest BCUT2D eigenvalue weighted by atomic mass is 16.3. The fourth-order valence-corrected chi connectivity index (χ4v) is 2.74. The molecule has 2 aliphatic rings. The van der Waals surface area contributed by atoms with Crippen LogP contribution in [-0.2, 0) is 4.79 Å². The van der Waals surface area contributed by atoms with Crippen LogP contribution in [0.2, 0.25) is 0 Å². The fourth-order valence-electron chi connectivity index (χ4n) is 2.74. The highest BCUT2D eigenvalue weighted by molar-refractivity contribution is 5.94. The van der Waals surface area contributed by atoms with Crippen molar-refractivity contribution in [2.75, 3.05) is 32.7 Å². The first-order chi connectivity index (χ1) is 10.3. The first kappa shape index (κ1) is 13.9. The van der Waals surface area contributed by atoms with Crippen molar-refractivity contribution < 1.29 is 14.0 Å². The van der Waals surface area contributed by atoms with Crippen LogP contribution in [0.3, 0.4) is 0 Å². The van der Waals surface area contributed by atoms with Crippen molar-refractivity contribution in [3.05, 3.63) is 36.3 Å². The van der Waals surface area contributed by atoms with Crippen molar-refractivity contribution in [2.24, 2.45) is 0 Å². The summed E-state index contributed by atoms with van der Waals surface area (Å²) in [5.74, 6) is 0.0679. The van der Waals surface area contributed by atoms with Crippen molar-refractivity contribution in [1.29, 1.82) is 0 Å². The Balaban J connectivity index is 1.60. The molecule has 1 aromatic heterocycles. The molecule has 2 amide bonds. The third-order valence-electron chi connectivity index (χ3n) is 3.91. The Morgan fingerprint density at radius 1 is 1.19 bits per heavy atom. The monoisotopic (exact) mass is 289 g/mol. The van der Waals surface area contributed by atoms with Gasteiger partial charge in [0.1, 0.15) is 12.3 Å². The molecule has 21 heavy (non-hydrogen) atoms. The summed E-state index contributed by atoms with van der Waals surface area (Å²) in [6.07, 6.45) is 7.63. The van der Waals surface area contributed by atoms with Crippen LogP contribution in [0.4, 0.5) is 0 Å². The minimum absolute atomic E-state index is 0.0306. The predicted molar refractivity (Wildman–Crippen MR) is 76.7 cm³/mol. The lowest BCUT2D eigenvalue weighted by Gasteiger charge is -2.24. The molecule has 1 atom stereocenters. The van der Waals surface area contributed by atoms with Gasteiger partial charge in [-0.2, -0.15) is 0 Å². The Kier molecular flexibility index (Phi) is 4.06. The molecular weight excluding hydrogens is 270 g/mol. The van der Waals surface area contributed by atoms with Crippen molar-refractivity contribution in [3.63, 3.8) is 0 Å². The zero-order valence-corrected chi connectivity index (χ0v) is 11.8. The zero-order valence-electron chi connectivity index (χ0n) is 11.8. The van der Waals surface area contributed by atoms with Crippen LogP contribution >= 0.6 is 0 Å². The highest BCUT2D eigenvalue weighted by Crippen LogP contribution is 2.11. The van der Waals surface area contributed by atoms with E-state index in [1.165, 1.54) is 12.5 Å². The topological polar surface area (TPSA) is 65.8 Å². The lowest BCUT2D eigenvalue weighted by Crippen LogP contribution is -2.45. The number of amides is 2. The lowest BCUT2D eigenvalue weighted by molar-refractivity contribution is -0.131. The van der Waals surface area contributed by atoms with E-state index >= 15 is 0 Å². The summed E-state index contributed by atoms with van der Waals surface area (Å²) >= 11 is 0. The zero-order chi connectivity index (χ0) is 14.7. The average Bonchev–Trinajstić information content (AvgIpc) is 3.15. The van der Waals surface area contributed by atoms with Gasteiger partial charge in [-0.25, -0.2) is 0 Å². The van der Waals surface area contributed by atoms with Gasteiger partial charge in [-0.15, -0.1) is 0 Å². The highest BCUT2D eigenvalue weighted by Gasteiger charge is 2.27. The summed E-state index contributed by atoms with van der Waals surface area (Å²) in [6, 6.07) is 1.46. The second-order valence-electron chi connectivity index (χ2n) is 5.30. The van der Waals surface area contributed by atoms with Crippen LogP contribution in [-0.4, -0.2) is 60.4 Å². The summed E-state index contributed by atoms with van der Waals surface area (Å²) in [7, 11) is 0. The molecule has 0 saturated carbocycles. The van der Waals surface area contributed by atoms with E-state index in [1.54, 1.807) is 11.0 Å². The molecule has 0 aromatic carbocycles. The van der Waals surface area contributed by atoms with Crippen molar-refractivity contribution in [1.82, 2.24) is 15.1 Å². The molecule has 112 valence electrons. The minimum atomic E-state index is -0.207. The van der Waals surface area contributed by atoms with E-state index in [2.05, 4.69) is 5.32 Å². The van der Waals surface area contributed by atoms with E-state index in [0.717, 1.165) is 13.0 Å². The number of nitrogens with zero attached hydrogens (tertiary/aromatic N) is 2. The van der Waals surface area contributed by atoms with Gasteiger partial charge < -0.3 is 14.2 Å². The molecule has 0 radical (unpaired) electrons. The quantitative estimate of drug-likeness (QED) is 0.804. The Morgan fingerprint density at radius 2 is 2.00 bits per heavy atom. The first-order valence-corrected chi connectivity index (χ1v) is 7.26. The van der Waals surface area contributed by atoms with Gasteiger partial charge in [-0.05, 0) is 12.5 Å². The summed E-state index contributed by atoms with van der Waals surface area (Å²) in [6.45, 7) is 3.25. The number of rotatable bonds is 2. The van der Waals surface area contributed by atoms with Gasteiger partial charge in [0.05, 0.1) is 11.8 Å². The maximum atomic E-state index is 12.4. The van der Waals surface area contributed by atoms with Crippen molar-refractivity contribution >= 4 is 11.8 Å². The van der Waals surface area contributed by atoms with Gasteiger partial charge in [0.2, 0.25) is 5.91 Å². The van der Waals surface area contributed by atoms with Crippen LogP contribution in [0.25, 0.3) is 0 Å². The third kappa shape index (κ3) is 3.00. The largest absolute Gasteiger partial charge is 0.472 e. The first-order valence-electron chi connectivity index (χ1n) is 7.26. The van der Waals surface area contributed by atoms with E-state index in [1.807, 2.05) is 17.1 Å². The van der Waals surface area contributed by atoms with Crippen LogP contribution < -0.4 is 5.32 Å². The molecule has 0 bridgehead atoms. The van der Waals surface area contributed by atoms with Crippen LogP contribution in [0.1, 0.15) is 16.8 Å². The molecular formula is C15H19N3O3. The molecule has 3 rings (SSSR count). The standard InChI is InChI=1S/C15H19N3O3/c19-14(12-4-10-21-11-12)17-6-2-7-18(9-8-17)15(20)13-3-1-5-16-13/h1,3-4,10-11,13,16H,2,5-9H2/t13-/m0/s1. The van der Waals surface area contributed by atoms with E-state index in [0.29, 0.717) is 31.7 Å². The molecule has 1 aromatic rings. The molecule has 3 heterocycles. The molecule has 2 aliphatic heterocycles. The van der Waals surface area contributed by atoms with Gasteiger partial charge in [0, 0.05) is 32.7 Å². The molecule has 6 heteroatoms. The third-order valence-corrected chi connectivity index (χ3v) is 3.91. The number of hydrogen-bond acceptors (Lipinski definition) is 4. The second kappa shape index (κ2) is 6.13. The van der Waals surface area contributed by atoms with Crippen molar-refractivity contribution in [2.45, 2.75) is 12.5 Å². The minimum Gasteiger partial charge on any atom is -0.472 e. The molecule has 1 N–H and O–H groups in total. The SMILES string of the molecule is O=C(c1ccoc1)N1CCCN(C(=O)[C@@H]2C=CCN2)CC1. The summed E-state index contributed by atoms with van der Waals surface area (Å²) < 4.78 is 4.96. The summed E-state index contributed by atoms with van der Waals surface area (Å²) in [5.41, 5.74) is 0.565. The van der Waals surface area contributed by atoms with Gasteiger partial charge in [0.15, 0.2) is 0 Å². The van der Waals surface area contributed by atoms with Gasteiger partial charge in [0.25, 0.3) is 5.91 Å². The molecule has 1 fully saturated rings. The number of carbonyl (C=O) groups is 2. The molecule has 6 nitrogen and oxygen atoms in total. The maximum absolute atomic E-state index is 12.4. The number of hydrogen-bond donors (Lipinski definition) is 1. The molecule has 0 unspecified atom stereocenters. The van der Waals surface area contributed by atoms with Gasteiger partial charge in [-0.1, -0.05) is 12.2 Å². The van der Waals surface area contributed by atoms with Crippen LogP contribution in [0, 0.1) is 0 Å². The Morgan fingerprint density at radius 3 is 2.71 bits per heavy atom. The Labute approximate surface area is 123 Å². The summed E-state index contributed by atoms with van der Waals surface area (Å²) in [4.78, 5) is 28.3. The number of nitrogens with one attached hydrogen (secondary N) is 1. The number of furan rings is 1. The van der Waals surface area contributed by atoms with E-state index in [4.69, 9.17) is 4.42 Å². The van der Waals surface area contributed by atoms with Crippen LogP contribution in [0.15, 0.2) is 35.2 Å². The molecule has 0 aliphatic carbocycles. The maximum Gasteiger partial charge on any atom is 0.257 e.